The summed E-state index contributed by atoms with van der Waals surface area (Å²) in [6, 6.07) is 13.6. The van der Waals surface area contributed by atoms with Gasteiger partial charge in [0.15, 0.2) is 0 Å². The van der Waals surface area contributed by atoms with Gasteiger partial charge in [-0.3, -0.25) is 0 Å². The van der Waals surface area contributed by atoms with Crippen LogP contribution in [0.5, 0.6) is 0 Å². The predicted molar refractivity (Wildman–Crippen MR) is 79.3 cm³/mol. The molecule has 0 atom stereocenters. The molecular formula is C16H22N2. The minimum atomic E-state index is 0.489. The lowest BCUT2D eigenvalue weighted by atomic mass is 10.1. The Morgan fingerprint density at radius 3 is 2.06 bits per heavy atom. The van der Waals surface area contributed by atoms with Crippen molar-refractivity contribution in [2.75, 3.05) is 19.0 Å². The van der Waals surface area contributed by atoms with Gasteiger partial charge in [0.05, 0.1) is 0 Å². The van der Waals surface area contributed by atoms with Crippen molar-refractivity contribution >= 4 is 5.69 Å². The van der Waals surface area contributed by atoms with Crippen LogP contribution in [0.15, 0.2) is 36.4 Å². The van der Waals surface area contributed by atoms with Crippen molar-refractivity contribution in [2.45, 2.75) is 26.8 Å². The molecule has 0 N–H and O–H groups in total. The Balaban J connectivity index is 2.43. The van der Waals surface area contributed by atoms with Crippen LogP contribution in [0.1, 0.15) is 25.6 Å². The Bertz CT molecular complexity index is 519. The van der Waals surface area contributed by atoms with Crippen LogP contribution in [0.3, 0.4) is 0 Å². The number of aryl methyl sites for hydroxylation is 1. The van der Waals surface area contributed by atoms with Crippen molar-refractivity contribution in [1.29, 1.82) is 0 Å². The van der Waals surface area contributed by atoms with Crippen LogP contribution in [0.4, 0.5) is 5.69 Å². The summed E-state index contributed by atoms with van der Waals surface area (Å²) in [5.41, 5.74) is 5.13. The SMILES string of the molecule is Cc1ccc(-c2ccc(N(C)C)cc2)n1C(C)C. The Hall–Kier alpha value is -1.70. The van der Waals surface area contributed by atoms with Gasteiger partial charge < -0.3 is 9.47 Å². The van der Waals surface area contributed by atoms with E-state index in [0.717, 1.165) is 0 Å². The monoisotopic (exact) mass is 242 g/mol. The summed E-state index contributed by atoms with van der Waals surface area (Å²) >= 11 is 0. The number of benzene rings is 1. The summed E-state index contributed by atoms with van der Waals surface area (Å²) in [5, 5.41) is 0. The number of hydrogen-bond donors (Lipinski definition) is 0. The molecule has 1 heterocycles. The summed E-state index contributed by atoms with van der Waals surface area (Å²) in [6.45, 7) is 6.62. The van der Waals surface area contributed by atoms with Gasteiger partial charge >= 0.3 is 0 Å². The van der Waals surface area contributed by atoms with Gasteiger partial charge in [0, 0.05) is 37.2 Å². The maximum atomic E-state index is 2.38. The second-order valence-electron chi connectivity index (χ2n) is 5.27. The molecule has 2 aromatic rings. The van der Waals surface area contributed by atoms with Crippen molar-refractivity contribution in [2.24, 2.45) is 0 Å². The minimum Gasteiger partial charge on any atom is -0.378 e. The molecule has 2 heteroatoms. The van der Waals surface area contributed by atoms with Crippen molar-refractivity contribution < 1.29 is 0 Å². The third-order valence-corrected chi connectivity index (χ3v) is 3.32. The fourth-order valence-electron chi connectivity index (χ4n) is 2.40. The summed E-state index contributed by atoms with van der Waals surface area (Å²) in [6.07, 6.45) is 0. The Labute approximate surface area is 110 Å². The molecule has 0 amide bonds. The Morgan fingerprint density at radius 2 is 1.56 bits per heavy atom. The first kappa shape index (κ1) is 12.7. The molecule has 1 aromatic heterocycles. The summed E-state index contributed by atoms with van der Waals surface area (Å²) in [7, 11) is 4.13. The number of rotatable bonds is 3. The molecule has 0 bridgehead atoms. The van der Waals surface area contributed by atoms with E-state index in [4.69, 9.17) is 0 Å². The van der Waals surface area contributed by atoms with Gasteiger partial charge in [-0.2, -0.15) is 0 Å². The van der Waals surface area contributed by atoms with Crippen molar-refractivity contribution in [3.8, 4) is 11.3 Å². The van der Waals surface area contributed by atoms with Gasteiger partial charge in [0.25, 0.3) is 0 Å². The van der Waals surface area contributed by atoms with Crippen LogP contribution in [-0.2, 0) is 0 Å². The van der Waals surface area contributed by atoms with E-state index in [1.54, 1.807) is 0 Å². The van der Waals surface area contributed by atoms with E-state index >= 15 is 0 Å². The first-order valence-electron chi connectivity index (χ1n) is 6.46. The minimum absolute atomic E-state index is 0.489. The molecular weight excluding hydrogens is 220 g/mol. The molecule has 2 rings (SSSR count). The standard InChI is InChI=1S/C16H22N2/c1-12(2)18-13(3)6-11-16(18)14-7-9-15(10-8-14)17(4)5/h6-12H,1-5H3. The molecule has 0 fully saturated rings. The number of aromatic nitrogens is 1. The van der Waals surface area contributed by atoms with Crippen molar-refractivity contribution in [1.82, 2.24) is 4.57 Å². The smallest absolute Gasteiger partial charge is 0.0484 e. The van der Waals surface area contributed by atoms with E-state index in [2.05, 4.69) is 80.7 Å². The van der Waals surface area contributed by atoms with E-state index in [1.807, 2.05) is 0 Å². The molecule has 0 unspecified atom stereocenters. The van der Waals surface area contributed by atoms with E-state index in [1.165, 1.54) is 22.6 Å². The van der Waals surface area contributed by atoms with Crippen LogP contribution in [0.25, 0.3) is 11.3 Å². The summed E-state index contributed by atoms with van der Waals surface area (Å²) < 4.78 is 2.38. The molecule has 0 aliphatic rings. The molecule has 1 aromatic carbocycles. The van der Waals surface area contributed by atoms with Crippen LogP contribution >= 0.6 is 0 Å². The van der Waals surface area contributed by atoms with Gasteiger partial charge in [-0.05, 0) is 50.6 Å². The Morgan fingerprint density at radius 1 is 0.944 bits per heavy atom. The Kier molecular flexibility index (Phi) is 3.46. The first-order chi connectivity index (χ1) is 8.50. The quantitative estimate of drug-likeness (QED) is 0.786. The lowest BCUT2D eigenvalue weighted by Gasteiger charge is -2.17. The van der Waals surface area contributed by atoms with Gasteiger partial charge in [0.2, 0.25) is 0 Å². The van der Waals surface area contributed by atoms with Crippen LogP contribution in [0.2, 0.25) is 0 Å². The molecule has 96 valence electrons. The van der Waals surface area contributed by atoms with Crippen molar-refractivity contribution in [3.63, 3.8) is 0 Å². The molecule has 0 aliphatic carbocycles. The predicted octanol–water partition coefficient (Wildman–Crippen LogP) is 4.11. The number of nitrogens with zero attached hydrogens (tertiary/aromatic N) is 2. The average molecular weight is 242 g/mol. The highest BCUT2D eigenvalue weighted by Crippen LogP contribution is 2.27. The molecule has 0 saturated carbocycles. The van der Waals surface area contributed by atoms with Gasteiger partial charge in [-0.25, -0.2) is 0 Å². The van der Waals surface area contributed by atoms with Crippen LogP contribution in [-0.4, -0.2) is 18.7 Å². The van der Waals surface area contributed by atoms with E-state index in [-0.39, 0.29) is 0 Å². The van der Waals surface area contributed by atoms with Crippen molar-refractivity contribution in [3.05, 3.63) is 42.1 Å². The zero-order valence-corrected chi connectivity index (χ0v) is 11.9. The van der Waals surface area contributed by atoms with Gasteiger partial charge in [-0.1, -0.05) is 12.1 Å². The average Bonchev–Trinajstić information content (AvgIpc) is 2.71. The topological polar surface area (TPSA) is 8.17 Å². The zero-order chi connectivity index (χ0) is 13.3. The molecule has 0 aliphatic heterocycles. The second kappa shape index (κ2) is 4.89. The van der Waals surface area contributed by atoms with E-state index in [9.17, 15) is 0 Å². The summed E-state index contributed by atoms with van der Waals surface area (Å²) in [4.78, 5) is 2.12. The largest absolute Gasteiger partial charge is 0.378 e. The highest BCUT2D eigenvalue weighted by molar-refractivity contribution is 5.64. The molecule has 2 nitrogen and oxygen atoms in total. The first-order valence-corrected chi connectivity index (χ1v) is 6.46. The second-order valence-corrected chi connectivity index (χ2v) is 5.27. The van der Waals surface area contributed by atoms with Gasteiger partial charge in [0.1, 0.15) is 0 Å². The molecule has 18 heavy (non-hydrogen) atoms. The summed E-state index contributed by atoms with van der Waals surface area (Å²) in [5.74, 6) is 0. The van der Waals surface area contributed by atoms with E-state index < -0.39 is 0 Å². The van der Waals surface area contributed by atoms with E-state index in [0.29, 0.717) is 6.04 Å². The fourth-order valence-corrected chi connectivity index (χ4v) is 2.40. The highest BCUT2D eigenvalue weighted by Gasteiger charge is 2.10. The van der Waals surface area contributed by atoms with Crippen LogP contribution < -0.4 is 4.90 Å². The lowest BCUT2D eigenvalue weighted by molar-refractivity contribution is 0.595. The highest BCUT2D eigenvalue weighted by atomic mass is 15.1. The normalized spacial score (nSPS) is 11.0. The molecule has 0 saturated heterocycles. The molecule has 0 radical (unpaired) electrons. The number of anilines is 1. The third-order valence-electron chi connectivity index (χ3n) is 3.32. The maximum Gasteiger partial charge on any atom is 0.0484 e. The zero-order valence-electron chi connectivity index (χ0n) is 11.9. The van der Waals surface area contributed by atoms with Gasteiger partial charge in [-0.15, -0.1) is 0 Å². The molecule has 0 spiro atoms. The van der Waals surface area contributed by atoms with Crippen LogP contribution in [0, 0.1) is 6.92 Å². The maximum absolute atomic E-state index is 2.38. The number of hydrogen-bond acceptors (Lipinski definition) is 1. The lowest BCUT2D eigenvalue weighted by Crippen LogP contribution is -2.08. The third kappa shape index (κ3) is 2.28. The fraction of sp³-hybridized carbons (Fsp3) is 0.375.